The van der Waals surface area contributed by atoms with Crippen molar-refractivity contribution in [3.8, 4) is 23.0 Å². The molecule has 1 saturated heterocycles. The second kappa shape index (κ2) is 9.94. The third-order valence-corrected chi connectivity index (χ3v) is 6.01. The number of ketones is 1. The van der Waals surface area contributed by atoms with Gasteiger partial charge in [-0.2, -0.15) is 0 Å². The zero-order valence-electron chi connectivity index (χ0n) is 20.1. The highest BCUT2D eigenvalue weighted by Gasteiger charge is 2.48. The van der Waals surface area contributed by atoms with Gasteiger partial charge in [-0.15, -0.1) is 0 Å². The number of amides is 1. The number of carbonyl (C=O) groups excluding carboxylic acids is 2. The molecule has 1 unspecified atom stereocenters. The number of ether oxygens (including phenoxy) is 3. The Balaban J connectivity index is 1.58. The summed E-state index contributed by atoms with van der Waals surface area (Å²) in [5.41, 5.74) is 0.558. The van der Waals surface area contributed by atoms with Crippen LogP contribution in [0.5, 0.6) is 23.0 Å². The van der Waals surface area contributed by atoms with E-state index in [0.29, 0.717) is 28.7 Å². The maximum Gasteiger partial charge on any atom is 0.300 e. The molecule has 1 aliphatic rings. The smallest absolute Gasteiger partial charge is 0.300 e. The first kappa shape index (κ1) is 23.7. The van der Waals surface area contributed by atoms with E-state index in [1.54, 1.807) is 54.6 Å². The molecule has 0 saturated carbocycles. The summed E-state index contributed by atoms with van der Waals surface area (Å²) in [5.74, 6) is 0.304. The summed E-state index contributed by atoms with van der Waals surface area (Å²) in [7, 11) is 2.94. The molecule has 186 valence electrons. The second-order valence-electron chi connectivity index (χ2n) is 8.16. The van der Waals surface area contributed by atoms with Crippen molar-refractivity contribution in [2.45, 2.75) is 6.04 Å². The van der Waals surface area contributed by atoms with Crippen molar-refractivity contribution < 1.29 is 33.3 Å². The minimum atomic E-state index is -0.998. The molecule has 3 aromatic carbocycles. The minimum absolute atomic E-state index is 0.118. The van der Waals surface area contributed by atoms with E-state index >= 15 is 0 Å². The van der Waals surface area contributed by atoms with Gasteiger partial charge in [-0.3, -0.25) is 14.5 Å². The van der Waals surface area contributed by atoms with E-state index in [-0.39, 0.29) is 22.6 Å². The van der Waals surface area contributed by atoms with Gasteiger partial charge in [-0.1, -0.05) is 18.2 Å². The standard InChI is InChI=1S/C29H23NO7/c1-34-21-14-15-22(24(17-21)35-2)27(31)25-26(23-9-6-16-36-23)30(29(33)28(25)32)18-10-12-20(13-11-18)37-19-7-4-3-5-8-19/h3-17,26,31H,1-2H3/b27-25-. The first-order valence-corrected chi connectivity index (χ1v) is 11.4. The van der Waals surface area contributed by atoms with Crippen molar-refractivity contribution in [1.82, 2.24) is 0 Å². The lowest BCUT2D eigenvalue weighted by Crippen LogP contribution is -2.29. The predicted molar refractivity (Wildman–Crippen MR) is 136 cm³/mol. The van der Waals surface area contributed by atoms with E-state index in [2.05, 4.69) is 0 Å². The maximum absolute atomic E-state index is 13.3. The largest absolute Gasteiger partial charge is 0.507 e. The Bertz CT molecular complexity index is 1460. The van der Waals surface area contributed by atoms with Gasteiger partial charge >= 0.3 is 0 Å². The van der Waals surface area contributed by atoms with Gasteiger partial charge in [0.1, 0.15) is 40.6 Å². The maximum atomic E-state index is 13.3. The van der Waals surface area contributed by atoms with Gasteiger partial charge in [0.15, 0.2) is 0 Å². The second-order valence-corrected chi connectivity index (χ2v) is 8.16. The minimum Gasteiger partial charge on any atom is -0.507 e. The lowest BCUT2D eigenvalue weighted by atomic mass is 9.98. The van der Waals surface area contributed by atoms with E-state index in [1.807, 2.05) is 30.3 Å². The highest BCUT2D eigenvalue weighted by atomic mass is 16.5. The number of hydrogen-bond acceptors (Lipinski definition) is 7. The molecule has 5 rings (SSSR count). The number of hydrogen-bond donors (Lipinski definition) is 1. The van der Waals surface area contributed by atoms with Gasteiger partial charge in [-0.25, -0.2) is 0 Å². The molecular weight excluding hydrogens is 474 g/mol. The van der Waals surface area contributed by atoms with Crippen molar-refractivity contribution in [1.29, 1.82) is 0 Å². The number of rotatable bonds is 7. The number of furan rings is 1. The Morgan fingerprint density at radius 1 is 0.838 bits per heavy atom. The van der Waals surface area contributed by atoms with Gasteiger partial charge < -0.3 is 23.7 Å². The molecule has 2 heterocycles. The molecule has 37 heavy (non-hydrogen) atoms. The van der Waals surface area contributed by atoms with Crippen LogP contribution in [-0.2, 0) is 9.59 Å². The Morgan fingerprint density at radius 3 is 2.19 bits per heavy atom. The molecule has 1 atom stereocenters. The monoisotopic (exact) mass is 497 g/mol. The van der Waals surface area contributed by atoms with Gasteiger partial charge in [0.25, 0.3) is 11.7 Å². The lowest BCUT2D eigenvalue weighted by molar-refractivity contribution is -0.132. The van der Waals surface area contributed by atoms with Crippen molar-refractivity contribution in [3.63, 3.8) is 0 Å². The van der Waals surface area contributed by atoms with E-state index < -0.39 is 17.7 Å². The zero-order chi connectivity index (χ0) is 25.9. The highest BCUT2D eigenvalue weighted by molar-refractivity contribution is 6.51. The molecule has 4 aromatic rings. The summed E-state index contributed by atoms with van der Waals surface area (Å²) in [4.78, 5) is 27.9. The third-order valence-electron chi connectivity index (χ3n) is 6.01. The van der Waals surface area contributed by atoms with Gasteiger partial charge in [0.05, 0.1) is 31.6 Å². The van der Waals surface area contributed by atoms with E-state index in [4.69, 9.17) is 18.6 Å². The van der Waals surface area contributed by atoms with Crippen molar-refractivity contribution in [3.05, 3.63) is 108 Å². The molecule has 0 spiro atoms. The molecule has 0 aliphatic carbocycles. The van der Waals surface area contributed by atoms with Crippen LogP contribution in [0.4, 0.5) is 5.69 Å². The number of methoxy groups -OCH3 is 2. The van der Waals surface area contributed by atoms with Crippen LogP contribution in [0.25, 0.3) is 5.76 Å². The van der Waals surface area contributed by atoms with Crippen LogP contribution in [0.3, 0.4) is 0 Å². The van der Waals surface area contributed by atoms with Crippen LogP contribution in [0, 0.1) is 0 Å². The number of para-hydroxylation sites is 1. The van der Waals surface area contributed by atoms with E-state index in [0.717, 1.165) is 0 Å². The number of carbonyl (C=O) groups is 2. The molecule has 0 bridgehead atoms. The fourth-order valence-corrected chi connectivity index (χ4v) is 4.25. The summed E-state index contributed by atoms with van der Waals surface area (Å²) < 4.78 is 22.1. The summed E-state index contributed by atoms with van der Waals surface area (Å²) >= 11 is 0. The first-order chi connectivity index (χ1) is 18.0. The molecule has 8 nitrogen and oxygen atoms in total. The molecule has 8 heteroatoms. The van der Waals surface area contributed by atoms with Crippen LogP contribution in [0.15, 0.2) is 101 Å². The van der Waals surface area contributed by atoms with Crippen LogP contribution >= 0.6 is 0 Å². The average Bonchev–Trinajstić information content (AvgIpc) is 3.56. The summed E-state index contributed by atoms with van der Waals surface area (Å²) in [6, 6.07) is 23.1. The number of anilines is 1. The Morgan fingerprint density at radius 2 is 1.54 bits per heavy atom. The van der Waals surface area contributed by atoms with Crippen LogP contribution < -0.4 is 19.1 Å². The lowest BCUT2D eigenvalue weighted by Gasteiger charge is -2.23. The number of aliphatic hydroxyl groups excluding tert-OH is 1. The zero-order valence-corrected chi connectivity index (χ0v) is 20.1. The summed E-state index contributed by atoms with van der Waals surface area (Å²) in [5, 5.41) is 11.3. The van der Waals surface area contributed by atoms with Gasteiger partial charge in [0.2, 0.25) is 0 Å². The topological polar surface area (TPSA) is 98.4 Å². The number of aliphatic hydroxyl groups is 1. The Kier molecular flexibility index (Phi) is 6.38. The average molecular weight is 498 g/mol. The molecule has 1 fully saturated rings. The van der Waals surface area contributed by atoms with Crippen LogP contribution in [0.2, 0.25) is 0 Å². The van der Waals surface area contributed by atoms with Gasteiger partial charge in [0, 0.05) is 11.8 Å². The number of Topliss-reactive ketones (excluding diaryl/α,β-unsaturated/α-hetero) is 1. The highest BCUT2D eigenvalue weighted by Crippen LogP contribution is 2.44. The molecule has 1 amide bonds. The summed E-state index contributed by atoms with van der Waals surface area (Å²) in [6.45, 7) is 0. The molecule has 0 radical (unpaired) electrons. The quantitative estimate of drug-likeness (QED) is 0.198. The number of nitrogens with zero attached hydrogens (tertiary/aromatic N) is 1. The normalized spacial score (nSPS) is 16.6. The Labute approximate surface area is 212 Å². The third kappa shape index (κ3) is 4.40. The van der Waals surface area contributed by atoms with E-state index in [1.165, 1.54) is 25.4 Å². The van der Waals surface area contributed by atoms with Crippen molar-refractivity contribution >= 4 is 23.1 Å². The van der Waals surface area contributed by atoms with Crippen molar-refractivity contribution in [2.24, 2.45) is 0 Å². The molecule has 1 N–H and O–H groups in total. The van der Waals surface area contributed by atoms with Crippen LogP contribution in [-0.4, -0.2) is 31.0 Å². The predicted octanol–water partition coefficient (Wildman–Crippen LogP) is 5.72. The van der Waals surface area contributed by atoms with E-state index in [9.17, 15) is 14.7 Å². The summed E-state index contributed by atoms with van der Waals surface area (Å²) in [6.07, 6.45) is 1.44. The molecule has 1 aromatic heterocycles. The fourth-order valence-electron chi connectivity index (χ4n) is 4.25. The Hall–Kier alpha value is -4.98. The van der Waals surface area contributed by atoms with Gasteiger partial charge in [-0.05, 0) is 60.7 Å². The van der Waals surface area contributed by atoms with Crippen molar-refractivity contribution in [2.75, 3.05) is 19.1 Å². The van der Waals surface area contributed by atoms with Crippen LogP contribution in [0.1, 0.15) is 17.4 Å². The molecule has 1 aliphatic heterocycles. The molecular formula is C29H23NO7. The fraction of sp³-hybridized carbons (Fsp3) is 0.103. The number of benzene rings is 3. The first-order valence-electron chi connectivity index (χ1n) is 11.4. The SMILES string of the molecule is COc1ccc(/C(O)=C2/C(=O)C(=O)N(c3ccc(Oc4ccccc4)cc3)C2c2ccco2)c(OC)c1.